The lowest BCUT2D eigenvalue weighted by Gasteiger charge is -2.08. The van der Waals surface area contributed by atoms with Crippen molar-refractivity contribution < 1.29 is 9.47 Å². The molecule has 0 saturated heterocycles. The van der Waals surface area contributed by atoms with E-state index in [1.807, 2.05) is 72.8 Å². The Morgan fingerprint density at radius 1 is 0.750 bits per heavy atom. The molecule has 0 heterocycles. The number of methoxy groups -OCH3 is 2. The number of nitrogens with one attached hydrogen (secondary N) is 1. The molecule has 32 heavy (non-hydrogen) atoms. The van der Waals surface area contributed by atoms with E-state index in [2.05, 4.69) is 20.7 Å². The van der Waals surface area contributed by atoms with E-state index in [9.17, 15) is 0 Å². The summed E-state index contributed by atoms with van der Waals surface area (Å²) in [6.45, 7) is 0. The second kappa shape index (κ2) is 9.61. The summed E-state index contributed by atoms with van der Waals surface area (Å²) < 4.78 is 10.9. The SMILES string of the molecule is COc1ccc2ccccc2c1/C=N\N=C(N)N/N=C/c1c(OC)ccc2ccccc12. The monoisotopic (exact) mass is 425 g/mol. The molecule has 0 aromatic heterocycles. The smallest absolute Gasteiger partial charge is 0.234 e. The van der Waals surface area contributed by atoms with Crippen LogP contribution in [-0.4, -0.2) is 32.6 Å². The normalized spacial score (nSPS) is 12.1. The summed E-state index contributed by atoms with van der Waals surface area (Å²) >= 11 is 0. The van der Waals surface area contributed by atoms with Crippen molar-refractivity contribution in [2.45, 2.75) is 0 Å². The van der Waals surface area contributed by atoms with Gasteiger partial charge >= 0.3 is 0 Å². The summed E-state index contributed by atoms with van der Waals surface area (Å²) in [7, 11) is 3.25. The van der Waals surface area contributed by atoms with Crippen molar-refractivity contribution in [2.24, 2.45) is 21.0 Å². The molecule has 4 aromatic rings. The Labute approximate surface area is 185 Å². The van der Waals surface area contributed by atoms with Gasteiger partial charge in [0, 0.05) is 11.1 Å². The van der Waals surface area contributed by atoms with Crippen LogP contribution >= 0.6 is 0 Å². The summed E-state index contributed by atoms with van der Waals surface area (Å²) in [6, 6.07) is 23.8. The van der Waals surface area contributed by atoms with Crippen molar-refractivity contribution in [1.29, 1.82) is 0 Å². The molecule has 0 bridgehead atoms. The molecule has 0 radical (unpaired) electrons. The van der Waals surface area contributed by atoms with Crippen molar-refractivity contribution in [3.8, 4) is 11.5 Å². The number of guanidine groups is 1. The van der Waals surface area contributed by atoms with Gasteiger partial charge in [0.25, 0.3) is 0 Å². The maximum absolute atomic E-state index is 5.92. The Morgan fingerprint density at radius 3 is 1.84 bits per heavy atom. The lowest BCUT2D eigenvalue weighted by atomic mass is 10.0. The Kier molecular flexibility index (Phi) is 6.27. The standard InChI is InChI=1S/C25H23N5O2/c1-31-23-13-11-17-7-3-5-9-19(17)21(23)15-27-29-25(26)30-28-16-22-20-10-6-4-8-18(20)12-14-24(22)32-2/h3-16H,1-2H3,(H3,26,29,30)/b27-15-,28-16+. The first-order chi connectivity index (χ1) is 15.7. The maximum Gasteiger partial charge on any atom is 0.234 e. The number of nitrogens with two attached hydrogens (primary N) is 1. The second-order valence-electron chi connectivity index (χ2n) is 6.91. The molecule has 7 nitrogen and oxygen atoms in total. The summed E-state index contributed by atoms with van der Waals surface area (Å²) in [5.41, 5.74) is 10.3. The minimum absolute atomic E-state index is 0.0518. The zero-order valence-electron chi connectivity index (χ0n) is 17.8. The minimum Gasteiger partial charge on any atom is -0.496 e. The fourth-order valence-electron chi connectivity index (χ4n) is 3.51. The number of hydrazone groups is 1. The lowest BCUT2D eigenvalue weighted by molar-refractivity contribution is 0.414. The van der Waals surface area contributed by atoms with Gasteiger partial charge in [-0.15, -0.1) is 5.10 Å². The molecule has 0 aliphatic rings. The highest BCUT2D eigenvalue weighted by atomic mass is 16.5. The van der Waals surface area contributed by atoms with E-state index in [1.54, 1.807) is 26.6 Å². The zero-order valence-corrected chi connectivity index (χ0v) is 17.8. The average Bonchev–Trinajstić information content (AvgIpc) is 2.84. The quantitative estimate of drug-likeness (QED) is 0.274. The number of hydrogen-bond donors (Lipinski definition) is 2. The molecule has 7 heteroatoms. The van der Waals surface area contributed by atoms with E-state index in [1.165, 1.54) is 0 Å². The van der Waals surface area contributed by atoms with E-state index in [-0.39, 0.29) is 5.96 Å². The van der Waals surface area contributed by atoms with Crippen LogP contribution in [0.25, 0.3) is 21.5 Å². The van der Waals surface area contributed by atoms with Crippen molar-refractivity contribution in [2.75, 3.05) is 14.2 Å². The van der Waals surface area contributed by atoms with Gasteiger partial charge in [0.1, 0.15) is 11.5 Å². The average molecular weight is 425 g/mol. The van der Waals surface area contributed by atoms with E-state index < -0.39 is 0 Å². The van der Waals surface area contributed by atoms with Crippen LogP contribution in [0.2, 0.25) is 0 Å². The predicted octanol–water partition coefficient (Wildman–Crippen LogP) is 4.28. The molecule has 0 atom stereocenters. The molecule has 3 N–H and O–H groups in total. The zero-order chi connectivity index (χ0) is 22.3. The number of nitrogens with zero attached hydrogens (tertiary/aromatic N) is 3. The number of ether oxygens (including phenoxy) is 2. The van der Waals surface area contributed by atoms with E-state index >= 15 is 0 Å². The fourth-order valence-corrected chi connectivity index (χ4v) is 3.51. The summed E-state index contributed by atoms with van der Waals surface area (Å²) in [6.07, 6.45) is 3.27. The van der Waals surface area contributed by atoms with E-state index in [0.29, 0.717) is 11.5 Å². The second-order valence-corrected chi connectivity index (χ2v) is 6.91. The van der Waals surface area contributed by atoms with Crippen molar-refractivity contribution in [3.05, 3.63) is 83.9 Å². The van der Waals surface area contributed by atoms with Crippen LogP contribution in [0.4, 0.5) is 0 Å². The Bertz CT molecular complexity index is 1350. The third-order valence-corrected chi connectivity index (χ3v) is 5.03. The van der Waals surface area contributed by atoms with Gasteiger partial charge in [-0.3, -0.25) is 0 Å². The molecular formula is C25H23N5O2. The molecular weight excluding hydrogens is 402 g/mol. The van der Waals surface area contributed by atoms with Crippen LogP contribution in [0, 0.1) is 0 Å². The predicted molar refractivity (Wildman–Crippen MR) is 131 cm³/mol. The van der Waals surface area contributed by atoms with Gasteiger partial charge in [-0.1, -0.05) is 60.7 Å². The molecule has 0 saturated carbocycles. The molecule has 0 unspecified atom stereocenters. The first-order valence-corrected chi connectivity index (χ1v) is 9.98. The number of hydrogen-bond acceptors (Lipinski definition) is 5. The summed E-state index contributed by atoms with van der Waals surface area (Å²) in [5, 5.41) is 16.5. The highest BCUT2D eigenvalue weighted by molar-refractivity contribution is 6.03. The van der Waals surface area contributed by atoms with Gasteiger partial charge < -0.3 is 15.2 Å². The number of benzene rings is 4. The van der Waals surface area contributed by atoms with Crippen LogP contribution in [0.15, 0.2) is 88.1 Å². The summed E-state index contributed by atoms with van der Waals surface area (Å²) in [4.78, 5) is 0. The van der Waals surface area contributed by atoms with Crippen LogP contribution in [-0.2, 0) is 0 Å². The molecule has 0 amide bonds. The molecule has 160 valence electrons. The Balaban J connectivity index is 1.54. The van der Waals surface area contributed by atoms with Gasteiger partial charge in [-0.2, -0.15) is 10.2 Å². The van der Waals surface area contributed by atoms with Crippen LogP contribution in [0.3, 0.4) is 0 Å². The molecule has 4 rings (SSSR count). The van der Waals surface area contributed by atoms with Crippen molar-refractivity contribution >= 4 is 39.9 Å². The number of fused-ring (bicyclic) bond motifs is 2. The topological polar surface area (TPSA) is 93.6 Å². The summed E-state index contributed by atoms with van der Waals surface area (Å²) in [5.74, 6) is 1.47. The molecule has 4 aromatic carbocycles. The van der Waals surface area contributed by atoms with Gasteiger partial charge in [0.05, 0.1) is 26.6 Å². The first kappa shape index (κ1) is 20.9. The largest absolute Gasteiger partial charge is 0.496 e. The maximum atomic E-state index is 5.92. The third-order valence-electron chi connectivity index (χ3n) is 5.03. The van der Waals surface area contributed by atoms with E-state index in [0.717, 1.165) is 32.7 Å². The molecule has 0 aliphatic carbocycles. The highest BCUT2D eigenvalue weighted by Gasteiger charge is 2.07. The highest BCUT2D eigenvalue weighted by Crippen LogP contribution is 2.27. The van der Waals surface area contributed by atoms with Gasteiger partial charge in [-0.25, -0.2) is 5.43 Å². The van der Waals surface area contributed by atoms with Gasteiger partial charge in [-0.05, 0) is 33.7 Å². The minimum atomic E-state index is 0.0518. The van der Waals surface area contributed by atoms with Crippen LogP contribution in [0.5, 0.6) is 11.5 Å². The van der Waals surface area contributed by atoms with Gasteiger partial charge in [0.2, 0.25) is 5.96 Å². The first-order valence-electron chi connectivity index (χ1n) is 9.98. The number of rotatable bonds is 6. The lowest BCUT2D eigenvalue weighted by Crippen LogP contribution is -2.26. The van der Waals surface area contributed by atoms with Gasteiger partial charge in [0.15, 0.2) is 0 Å². The molecule has 0 fully saturated rings. The van der Waals surface area contributed by atoms with Crippen LogP contribution in [0.1, 0.15) is 11.1 Å². The van der Waals surface area contributed by atoms with E-state index in [4.69, 9.17) is 15.2 Å². The fraction of sp³-hybridized carbons (Fsp3) is 0.0800. The van der Waals surface area contributed by atoms with Crippen LogP contribution < -0.4 is 20.6 Å². The van der Waals surface area contributed by atoms with Crippen molar-refractivity contribution in [3.63, 3.8) is 0 Å². The molecule has 0 aliphatic heterocycles. The Morgan fingerprint density at radius 2 is 1.28 bits per heavy atom. The molecule has 0 spiro atoms. The Hall–Kier alpha value is -4.39. The third kappa shape index (κ3) is 4.37. The van der Waals surface area contributed by atoms with Crippen molar-refractivity contribution in [1.82, 2.24) is 5.43 Å².